The molecule has 0 bridgehead atoms. The second kappa shape index (κ2) is 4.49. The number of nitrogens with zero attached hydrogens (tertiary/aromatic N) is 1. The van der Waals surface area contributed by atoms with Crippen LogP contribution < -0.4 is 0 Å². The Morgan fingerprint density at radius 1 is 1.62 bits per heavy atom. The number of carboxylic acid groups (broad SMARTS) is 1. The topological polar surface area (TPSA) is 63.3 Å². The van der Waals surface area contributed by atoms with Gasteiger partial charge in [0.1, 0.15) is 5.69 Å². The number of aromatic nitrogens is 1. The smallest absolute Gasteiger partial charge is 0.373 e. The highest BCUT2D eigenvalue weighted by atomic mass is 32.2. The summed E-state index contributed by atoms with van der Waals surface area (Å²) < 4.78 is 5.33. The van der Waals surface area contributed by atoms with Crippen LogP contribution in [0.25, 0.3) is 0 Å². The van der Waals surface area contributed by atoms with Crippen LogP contribution in [0.15, 0.2) is 4.42 Å². The fourth-order valence-corrected chi connectivity index (χ4v) is 3.03. The Morgan fingerprint density at radius 3 is 2.88 bits per heavy atom. The second-order valence-electron chi connectivity index (χ2n) is 4.23. The maximum atomic E-state index is 11.1. The Hall–Kier alpha value is -0.970. The predicted molar refractivity (Wildman–Crippen MR) is 62.0 cm³/mol. The Bertz CT molecular complexity index is 394. The fraction of sp³-hybridized carbons (Fsp3) is 0.636. The van der Waals surface area contributed by atoms with Crippen LogP contribution in [0.5, 0.6) is 0 Å². The minimum Gasteiger partial charge on any atom is -0.475 e. The zero-order valence-electron chi connectivity index (χ0n) is 9.40. The van der Waals surface area contributed by atoms with E-state index in [9.17, 15) is 4.79 Å². The van der Waals surface area contributed by atoms with Crippen molar-refractivity contribution in [2.75, 3.05) is 5.75 Å². The lowest BCUT2D eigenvalue weighted by molar-refractivity contribution is 0.0658. The van der Waals surface area contributed by atoms with Crippen molar-refractivity contribution in [1.29, 1.82) is 0 Å². The molecule has 16 heavy (non-hydrogen) atoms. The fourth-order valence-electron chi connectivity index (χ4n) is 1.76. The largest absolute Gasteiger partial charge is 0.475 e. The minimum atomic E-state index is -1.01. The van der Waals surface area contributed by atoms with Crippen molar-refractivity contribution in [2.45, 2.75) is 37.9 Å². The van der Waals surface area contributed by atoms with Crippen LogP contribution in [0.1, 0.15) is 60.0 Å². The number of hydrogen-bond acceptors (Lipinski definition) is 4. The summed E-state index contributed by atoms with van der Waals surface area (Å²) in [5.74, 6) is 0.747. The van der Waals surface area contributed by atoms with Gasteiger partial charge in [0, 0.05) is 5.92 Å². The molecular formula is C11H15NO3S. The number of rotatable bonds is 3. The summed E-state index contributed by atoms with van der Waals surface area (Å²) in [6.07, 6.45) is 2.12. The third kappa shape index (κ3) is 2.09. The van der Waals surface area contributed by atoms with Gasteiger partial charge in [-0.15, -0.1) is 0 Å². The Kier molecular flexibility index (Phi) is 3.23. The lowest BCUT2D eigenvalue weighted by Crippen LogP contribution is -2.01. The number of thioether (sulfide) groups is 1. The SMILES string of the molecule is CC(C)c1nc(C2CCCS2)c(C(=O)O)o1. The molecule has 0 saturated carbocycles. The summed E-state index contributed by atoms with van der Waals surface area (Å²) >= 11 is 1.77. The van der Waals surface area contributed by atoms with E-state index in [1.165, 1.54) is 0 Å². The van der Waals surface area contributed by atoms with Crippen molar-refractivity contribution in [2.24, 2.45) is 0 Å². The van der Waals surface area contributed by atoms with E-state index in [2.05, 4.69) is 4.98 Å². The summed E-state index contributed by atoms with van der Waals surface area (Å²) in [6.45, 7) is 3.89. The average molecular weight is 241 g/mol. The molecule has 1 aliphatic heterocycles. The third-order valence-corrected chi connectivity index (χ3v) is 3.98. The molecule has 1 atom stereocenters. The lowest BCUT2D eigenvalue weighted by atomic mass is 10.2. The van der Waals surface area contributed by atoms with Gasteiger partial charge in [-0.2, -0.15) is 11.8 Å². The van der Waals surface area contributed by atoms with Crippen LogP contribution in [-0.4, -0.2) is 21.8 Å². The van der Waals surface area contributed by atoms with Crippen molar-refractivity contribution < 1.29 is 14.3 Å². The van der Waals surface area contributed by atoms with E-state index in [1.807, 2.05) is 13.8 Å². The van der Waals surface area contributed by atoms with Gasteiger partial charge in [0.15, 0.2) is 5.89 Å². The average Bonchev–Trinajstić information content (AvgIpc) is 2.86. The molecule has 5 heteroatoms. The van der Waals surface area contributed by atoms with Gasteiger partial charge in [0.05, 0.1) is 5.25 Å². The monoisotopic (exact) mass is 241 g/mol. The molecule has 0 amide bonds. The standard InChI is InChI=1S/C11H15NO3S/c1-6(2)10-12-8(7-4-3-5-16-7)9(15-10)11(13)14/h6-7H,3-5H2,1-2H3,(H,13,14). The van der Waals surface area contributed by atoms with E-state index < -0.39 is 5.97 Å². The number of carboxylic acids is 1. The second-order valence-corrected chi connectivity index (χ2v) is 5.54. The molecule has 0 aromatic carbocycles. The first-order valence-corrected chi connectivity index (χ1v) is 6.50. The van der Waals surface area contributed by atoms with Gasteiger partial charge < -0.3 is 9.52 Å². The van der Waals surface area contributed by atoms with Crippen molar-refractivity contribution >= 4 is 17.7 Å². The first kappa shape index (κ1) is 11.5. The van der Waals surface area contributed by atoms with Crippen LogP contribution in [0.2, 0.25) is 0 Å². The number of carbonyl (C=O) groups is 1. The summed E-state index contributed by atoms with van der Waals surface area (Å²) in [7, 11) is 0. The molecule has 1 aliphatic rings. The maximum Gasteiger partial charge on any atom is 0.373 e. The molecule has 0 aliphatic carbocycles. The summed E-state index contributed by atoms with van der Waals surface area (Å²) in [6, 6.07) is 0. The summed E-state index contributed by atoms with van der Waals surface area (Å²) in [4.78, 5) is 15.4. The van der Waals surface area contributed by atoms with Gasteiger partial charge >= 0.3 is 5.97 Å². The lowest BCUT2D eigenvalue weighted by Gasteiger charge is -2.03. The Morgan fingerprint density at radius 2 is 2.38 bits per heavy atom. The first-order chi connectivity index (χ1) is 7.59. The van der Waals surface area contributed by atoms with E-state index in [-0.39, 0.29) is 16.9 Å². The molecule has 0 spiro atoms. The van der Waals surface area contributed by atoms with Gasteiger partial charge in [0.2, 0.25) is 5.76 Å². The van der Waals surface area contributed by atoms with E-state index in [0.29, 0.717) is 11.6 Å². The molecule has 1 unspecified atom stereocenters. The molecule has 1 saturated heterocycles. The molecule has 1 N–H and O–H groups in total. The molecule has 4 nitrogen and oxygen atoms in total. The van der Waals surface area contributed by atoms with Crippen LogP contribution in [0.3, 0.4) is 0 Å². The van der Waals surface area contributed by atoms with E-state index in [1.54, 1.807) is 11.8 Å². The predicted octanol–water partition coefficient (Wildman–Crippen LogP) is 3.06. The maximum absolute atomic E-state index is 11.1. The number of aromatic carboxylic acids is 1. The van der Waals surface area contributed by atoms with Gasteiger partial charge in [-0.3, -0.25) is 0 Å². The van der Waals surface area contributed by atoms with Gasteiger partial charge in [0.25, 0.3) is 0 Å². The normalized spacial score (nSPS) is 20.6. The Labute approximate surface area is 98.4 Å². The van der Waals surface area contributed by atoms with Crippen molar-refractivity contribution in [3.05, 3.63) is 17.3 Å². The molecule has 0 radical (unpaired) electrons. The molecule has 1 fully saturated rings. The van der Waals surface area contributed by atoms with Gasteiger partial charge in [-0.25, -0.2) is 9.78 Å². The zero-order chi connectivity index (χ0) is 11.7. The van der Waals surface area contributed by atoms with E-state index in [4.69, 9.17) is 9.52 Å². The summed E-state index contributed by atoms with van der Waals surface area (Å²) in [5.41, 5.74) is 0.624. The van der Waals surface area contributed by atoms with Gasteiger partial charge in [-0.1, -0.05) is 13.8 Å². The molecule has 88 valence electrons. The van der Waals surface area contributed by atoms with Crippen molar-refractivity contribution in [3.8, 4) is 0 Å². The third-order valence-electron chi connectivity index (χ3n) is 2.59. The first-order valence-electron chi connectivity index (χ1n) is 5.45. The molecule has 2 heterocycles. The molecular weight excluding hydrogens is 226 g/mol. The Balaban J connectivity index is 2.37. The van der Waals surface area contributed by atoms with Crippen molar-refractivity contribution in [1.82, 2.24) is 4.98 Å². The van der Waals surface area contributed by atoms with E-state index in [0.717, 1.165) is 18.6 Å². The van der Waals surface area contributed by atoms with Crippen molar-refractivity contribution in [3.63, 3.8) is 0 Å². The molecule has 2 rings (SSSR count). The highest BCUT2D eigenvalue weighted by molar-refractivity contribution is 7.99. The van der Waals surface area contributed by atoms with Crippen LogP contribution in [-0.2, 0) is 0 Å². The highest BCUT2D eigenvalue weighted by Crippen LogP contribution is 2.41. The zero-order valence-corrected chi connectivity index (χ0v) is 10.2. The molecule has 1 aromatic heterocycles. The highest BCUT2D eigenvalue weighted by Gasteiger charge is 2.29. The van der Waals surface area contributed by atoms with Crippen LogP contribution >= 0.6 is 11.8 Å². The van der Waals surface area contributed by atoms with Crippen LogP contribution in [0.4, 0.5) is 0 Å². The van der Waals surface area contributed by atoms with Gasteiger partial charge in [-0.05, 0) is 18.6 Å². The number of oxazole rings is 1. The summed E-state index contributed by atoms with van der Waals surface area (Å²) in [5, 5.41) is 9.27. The van der Waals surface area contributed by atoms with E-state index >= 15 is 0 Å². The number of hydrogen-bond donors (Lipinski definition) is 1. The van der Waals surface area contributed by atoms with Crippen LogP contribution in [0, 0.1) is 0 Å². The quantitative estimate of drug-likeness (QED) is 0.881. The minimum absolute atomic E-state index is 0.0306. The molecule has 1 aromatic rings.